The molecule has 1 amide bonds. The van der Waals surface area contributed by atoms with Gasteiger partial charge in [-0.2, -0.15) is 0 Å². The molecule has 3 nitrogen and oxygen atoms in total. The Kier molecular flexibility index (Phi) is 6.57. The minimum atomic E-state index is -0.387. The lowest BCUT2D eigenvalue weighted by atomic mass is 9.94. The first-order valence-corrected chi connectivity index (χ1v) is 5.99. The third-order valence-corrected chi connectivity index (χ3v) is 3.15. The Morgan fingerprint density at radius 3 is 2.00 bits per heavy atom. The maximum atomic E-state index is 11.7. The molecule has 0 aliphatic rings. The number of rotatable bonds is 6. The molecule has 0 aliphatic heterocycles. The summed E-state index contributed by atoms with van der Waals surface area (Å²) in [5, 5.41) is 3.00. The smallest absolute Gasteiger partial charge is 0.237 e. The van der Waals surface area contributed by atoms with Gasteiger partial charge in [-0.05, 0) is 18.8 Å². The first-order valence-electron chi connectivity index (χ1n) is 5.99. The fraction of sp³-hybridized carbons (Fsp3) is 0.917. The van der Waals surface area contributed by atoms with E-state index in [9.17, 15) is 4.79 Å². The summed E-state index contributed by atoms with van der Waals surface area (Å²) in [4.78, 5) is 11.7. The number of hydrogen-bond donors (Lipinski definition) is 2. The van der Waals surface area contributed by atoms with Crippen LogP contribution in [-0.2, 0) is 4.79 Å². The SMILES string of the molecule is CCC(CC)C(C)NC(=O)C(N)C(C)C. The van der Waals surface area contributed by atoms with E-state index in [0.29, 0.717) is 5.92 Å². The van der Waals surface area contributed by atoms with E-state index in [1.165, 1.54) is 0 Å². The first kappa shape index (κ1) is 14.4. The Morgan fingerprint density at radius 1 is 1.20 bits per heavy atom. The normalized spacial score (nSPS) is 15.5. The van der Waals surface area contributed by atoms with Crippen LogP contribution in [0.4, 0.5) is 0 Å². The van der Waals surface area contributed by atoms with E-state index in [0.717, 1.165) is 12.8 Å². The van der Waals surface area contributed by atoms with Crippen LogP contribution in [0.1, 0.15) is 47.5 Å². The molecule has 0 rings (SSSR count). The van der Waals surface area contributed by atoms with E-state index in [1.807, 2.05) is 13.8 Å². The van der Waals surface area contributed by atoms with Gasteiger partial charge in [0.25, 0.3) is 0 Å². The van der Waals surface area contributed by atoms with Gasteiger partial charge < -0.3 is 11.1 Å². The van der Waals surface area contributed by atoms with Gasteiger partial charge in [-0.3, -0.25) is 4.79 Å². The number of nitrogens with two attached hydrogens (primary N) is 1. The molecule has 90 valence electrons. The topological polar surface area (TPSA) is 55.1 Å². The van der Waals surface area contributed by atoms with Gasteiger partial charge in [-0.25, -0.2) is 0 Å². The second-order valence-electron chi connectivity index (χ2n) is 4.64. The molecule has 0 fully saturated rings. The zero-order chi connectivity index (χ0) is 12.0. The highest BCUT2D eigenvalue weighted by molar-refractivity contribution is 5.81. The van der Waals surface area contributed by atoms with E-state index >= 15 is 0 Å². The molecule has 3 heteroatoms. The zero-order valence-corrected chi connectivity index (χ0v) is 10.7. The van der Waals surface area contributed by atoms with Crippen molar-refractivity contribution in [2.24, 2.45) is 17.6 Å². The van der Waals surface area contributed by atoms with Crippen LogP contribution in [0.25, 0.3) is 0 Å². The van der Waals surface area contributed by atoms with Crippen LogP contribution in [-0.4, -0.2) is 18.0 Å². The van der Waals surface area contributed by atoms with Crippen molar-refractivity contribution in [1.82, 2.24) is 5.32 Å². The molecule has 0 aromatic heterocycles. The molecule has 0 spiro atoms. The number of carbonyl (C=O) groups is 1. The minimum Gasteiger partial charge on any atom is -0.352 e. The molecule has 2 atom stereocenters. The van der Waals surface area contributed by atoms with Crippen molar-refractivity contribution in [2.75, 3.05) is 0 Å². The Labute approximate surface area is 93.8 Å². The molecule has 0 aromatic rings. The Balaban J connectivity index is 4.16. The summed E-state index contributed by atoms with van der Waals surface area (Å²) in [6.45, 7) is 10.3. The van der Waals surface area contributed by atoms with Gasteiger partial charge in [-0.1, -0.05) is 40.5 Å². The zero-order valence-electron chi connectivity index (χ0n) is 10.7. The van der Waals surface area contributed by atoms with Gasteiger partial charge in [0.05, 0.1) is 6.04 Å². The Bertz CT molecular complexity index is 188. The summed E-state index contributed by atoms with van der Waals surface area (Å²) in [5.74, 6) is 0.719. The van der Waals surface area contributed by atoms with Crippen molar-refractivity contribution >= 4 is 5.91 Å². The van der Waals surface area contributed by atoms with Crippen molar-refractivity contribution in [3.05, 3.63) is 0 Å². The molecule has 0 saturated carbocycles. The maximum absolute atomic E-state index is 11.7. The molecule has 0 saturated heterocycles. The van der Waals surface area contributed by atoms with Crippen LogP contribution >= 0.6 is 0 Å². The lowest BCUT2D eigenvalue weighted by molar-refractivity contribution is -0.124. The molecular formula is C12H26N2O. The maximum Gasteiger partial charge on any atom is 0.237 e. The quantitative estimate of drug-likeness (QED) is 0.709. The van der Waals surface area contributed by atoms with Crippen LogP contribution in [0.2, 0.25) is 0 Å². The highest BCUT2D eigenvalue weighted by Gasteiger charge is 2.21. The lowest BCUT2D eigenvalue weighted by Crippen LogP contribution is -2.48. The minimum absolute atomic E-state index is 0.0237. The number of amides is 1. The Hall–Kier alpha value is -0.570. The van der Waals surface area contributed by atoms with Crippen LogP contribution < -0.4 is 11.1 Å². The van der Waals surface area contributed by atoms with E-state index in [-0.39, 0.29) is 23.9 Å². The van der Waals surface area contributed by atoms with Gasteiger partial charge in [0.1, 0.15) is 0 Å². The monoisotopic (exact) mass is 214 g/mol. The summed E-state index contributed by atoms with van der Waals surface area (Å²) >= 11 is 0. The second kappa shape index (κ2) is 6.83. The van der Waals surface area contributed by atoms with E-state index in [1.54, 1.807) is 0 Å². The average Bonchev–Trinajstić information content (AvgIpc) is 2.18. The van der Waals surface area contributed by atoms with Gasteiger partial charge in [0.2, 0.25) is 5.91 Å². The fourth-order valence-corrected chi connectivity index (χ4v) is 1.74. The molecule has 0 aromatic carbocycles. The summed E-state index contributed by atoms with van der Waals surface area (Å²) in [6.07, 6.45) is 2.18. The van der Waals surface area contributed by atoms with Crippen LogP contribution in [0.15, 0.2) is 0 Å². The van der Waals surface area contributed by atoms with Gasteiger partial charge in [0, 0.05) is 6.04 Å². The third kappa shape index (κ3) is 4.65. The van der Waals surface area contributed by atoms with Gasteiger partial charge in [-0.15, -0.1) is 0 Å². The van der Waals surface area contributed by atoms with Crippen molar-refractivity contribution in [3.8, 4) is 0 Å². The molecule has 15 heavy (non-hydrogen) atoms. The lowest BCUT2D eigenvalue weighted by Gasteiger charge is -2.25. The van der Waals surface area contributed by atoms with Crippen molar-refractivity contribution in [1.29, 1.82) is 0 Å². The van der Waals surface area contributed by atoms with E-state index in [4.69, 9.17) is 5.73 Å². The highest BCUT2D eigenvalue weighted by atomic mass is 16.2. The molecule has 0 bridgehead atoms. The largest absolute Gasteiger partial charge is 0.352 e. The van der Waals surface area contributed by atoms with Gasteiger partial charge in [0.15, 0.2) is 0 Å². The second-order valence-corrected chi connectivity index (χ2v) is 4.64. The molecule has 2 unspecified atom stereocenters. The summed E-state index contributed by atoms with van der Waals surface area (Å²) in [5.41, 5.74) is 5.78. The van der Waals surface area contributed by atoms with Gasteiger partial charge >= 0.3 is 0 Å². The van der Waals surface area contributed by atoms with Crippen LogP contribution in [0.5, 0.6) is 0 Å². The highest BCUT2D eigenvalue weighted by Crippen LogP contribution is 2.12. The Morgan fingerprint density at radius 2 is 1.67 bits per heavy atom. The van der Waals surface area contributed by atoms with Crippen molar-refractivity contribution in [2.45, 2.75) is 59.5 Å². The van der Waals surface area contributed by atoms with Crippen LogP contribution in [0.3, 0.4) is 0 Å². The number of nitrogens with one attached hydrogen (secondary N) is 1. The molecule has 0 radical (unpaired) electrons. The summed E-state index contributed by atoms with van der Waals surface area (Å²) < 4.78 is 0. The predicted octanol–water partition coefficient (Wildman–Crippen LogP) is 1.91. The van der Waals surface area contributed by atoms with E-state index < -0.39 is 0 Å². The van der Waals surface area contributed by atoms with Crippen LogP contribution in [0, 0.1) is 11.8 Å². The molecule has 3 N–H and O–H groups in total. The third-order valence-electron chi connectivity index (χ3n) is 3.15. The van der Waals surface area contributed by atoms with Crippen molar-refractivity contribution < 1.29 is 4.79 Å². The number of carbonyl (C=O) groups excluding carboxylic acids is 1. The molecular weight excluding hydrogens is 188 g/mol. The predicted molar refractivity (Wildman–Crippen MR) is 64.5 cm³/mol. The number of hydrogen-bond acceptors (Lipinski definition) is 2. The fourth-order valence-electron chi connectivity index (χ4n) is 1.74. The van der Waals surface area contributed by atoms with E-state index in [2.05, 4.69) is 26.1 Å². The average molecular weight is 214 g/mol. The standard InChI is InChI=1S/C12H26N2O/c1-6-10(7-2)9(5)14-12(15)11(13)8(3)4/h8-11H,6-7,13H2,1-5H3,(H,14,15). The first-order chi connectivity index (χ1) is 6.93. The summed E-state index contributed by atoms with van der Waals surface area (Å²) in [6, 6.07) is -0.167. The molecule has 0 aliphatic carbocycles. The van der Waals surface area contributed by atoms with Crippen molar-refractivity contribution in [3.63, 3.8) is 0 Å². The molecule has 0 heterocycles. The summed E-state index contributed by atoms with van der Waals surface area (Å²) in [7, 11) is 0.